The zero-order valence-corrected chi connectivity index (χ0v) is 17.4. The van der Waals surface area contributed by atoms with Crippen LogP contribution in [0.5, 0.6) is 0 Å². The molecular weight excluding hydrogens is 414 g/mol. The minimum absolute atomic E-state index is 0.133. The van der Waals surface area contributed by atoms with Gasteiger partial charge in [0.15, 0.2) is 18.2 Å². The first-order valence-corrected chi connectivity index (χ1v) is 9.94. The molecule has 4 rings (SSSR count). The number of ketones is 1. The first-order valence-electron chi connectivity index (χ1n) is 9.57. The maximum Gasteiger partial charge on any atom is 0.378 e. The molecule has 0 fully saturated rings. The highest BCUT2D eigenvalue weighted by Crippen LogP contribution is 2.23. The van der Waals surface area contributed by atoms with Gasteiger partial charge in [0.2, 0.25) is 0 Å². The average Bonchev–Trinajstić information content (AvgIpc) is 3.24. The van der Waals surface area contributed by atoms with E-state index in [9.17, 15) is 9.59 Å². The van der Waals surface area contributed by atoms with Crippen LogP contribution in [0.25, 0.3) is 17.1 Å². The lowest BCUT2D eigenvalue weighted by Crippen LogP contribution is -2.15. The molecule has 0 spiro atoms. The molecule has 0 saturated heterocycles. The van der Waals surface area contributed by atoms with E-state index in [1.165, 1.54) is 0 Å². The molecule has 0 bridgehead atoms. The minimum Gasteiger partial charge on any atom is -0.451 e. The number of ether oxygens (including phenoxy) is 1. The summed E-state index contributed by atoms with van der Waals surface area (Å²) in [6.07, 6.45) is 0. The summed E-state index contributed by atoms with van der Waals surface area (Å²) >= 11 is 6.00. The van der Waals surface area contributed by atoms with Crippen LogP contribution in [0.1, 0.15) is 26.5 Å². The zero-order chi connectivity index (χ0) is 21.8. The Morgan fingerprint density at radius 3 is 2.29 bits per heavy atom. The van der Waals surface area contributed by atoms with E-state index in [4.69, 9.17) is 16.3 Å². The van der Waals surface area contributed by atoms with E-state index in [1.54, 1.807) is 53.2 Å². The fourth-order valence-electron chi connectivity index (χ4n) is 2.95. The van der Waals surface area contributed by atoms with Crippen LogP contribution in [0.4, 0.5) is 0 Å². The van der Waals surface area contributed by atoms with Crippen molar-refractivity contribution >= 4 is 23.4 Å². The molecule has 0 unspecified atom stereocenters. The lowest BCUT2D eigenvalue weighted by Gasteiger charge is -2.06. The van der Waals surface area contributed by atoms with Gasteiger partial charge in [0.05, 0.1) is 5.69 Å². The van der Waals surface area contributed by atoms with Crippen molar-refractivity contribution in [2.24, 2.45) is 0 Å². The predicted octanol–water partition coefficient (Wildman–Crippen LogP) is 4.94. The number of esters is 1. The Labute approximate surface area is 184 Å². The normalized spacial score (nSPS) is 10.6. The highest BCUT2D eigenvalue weighted by molar-refractivity contribution is 6.30. The van der Waals surface area contributed by atoms with Crippen molar-refractivity contribution in [2.45, 2.75) is 6.92 Å². The number of nitrogens with zero attached hydrogens (tertiary/aromatic N) is 3. The maximum absolute atomic E-state index is 12.6. The zero-order valence-electron chi connectivity index (χ0n) is 16.7. The summed E-state index contributed by atoms with van der Waals surface area (Å²) in [5.41, 5.74) is 3.03. The molecule has 0 atom stereocenters. The van der Waals surface area contributed by atoms with Crippen LogP contribution in [0.2, 0.25) is 5.02 Å². The molecule has 0 aliphatic carbocycles. The van der Waals surface area contributed by atoms with Gasteiger partial charge in [-0.2, -0.15) is 0 Å². The van der Waals surface area contributed by atoms with Crippen LogP contribution in [0.15, 0.2) is 78.9 Å². The lowest BCUT2D eigenvalue weighted by molar-refractivity contribution is 0.0462. The van der Waals surface area contributed by atoms with Crippen LogP contribution < -0.4 is 0 Å². The predicted molar refractivity (Wildman–Crippen MR) is 118 cm³/mol. The number of Topliss-reactive ketones (excluding diaryl/α,β-unsaturated/α-hetero) is 1. The van der Waals surface area contributed by atoms with Gasteiger partial charge in [0.25, 0.3) is 5.82 Å². The summed E-state index contributed by atoms with van der Waals surface area (Å²) in [4.78, 5) is 29.2. The highest BCUT2D eigenvalue weighted by atomic mass is 35.5. The van der Waals surface area contributed by atoms with Gasteiger partial charge in [-0.1, -0.05) is 59.6 Å². The van der Waals surface area contributed by atoms with Gasteiger partial charge in [0.1, 0.15) is 0 Å². The van der Waals surface area contributed by atoms with Crippen LogP contribution in [0.3, 0.4) is 0 Å². The Morgan fingerprint density at radius 1 is 0.935 bits per heavy atom. The largest absolute Gasteiger partial charge is 0.451 e. The first-order chi connectivity index (χ1) is 15.0. The van der Waals surface area contributed by atoms with Crippen LogP contribution >= 0.6 is 11.6 Å². The number of benzene rings is 3. The van der Waals surface area contributed by atoms with E-state index in [0.29, 0.717) is 16.4 Å². The number of hydrogen-bond acceptors (Lipinski definition) is 5. The molecule has 154 valence electrons. The van der Waals surface area contributed by atoms with Crippen LogP contribution in [-0.4, -0.2) is 33.1 Å². The van der Waals surface area contributed by atoms with Gasteiger partial charge in [0, 0.05) is 16.1 Å². The number of rotatable bonds is 6. The summed E-state index contributed by atoms with van der Waals surface area (Å²) in [6.45, 7) is 1.59. The van der Waals surface area contributed by atoms with Crippen molar-refractivity contribution in [1.82, 2.24) is 14.8 Å². The molecule has 1 heterocycles. The molecule has 0 aliphatic heterocycles. The number of hydrogen-bond donors (Lipinski definition) is 0. The number of carbonyl (C=O) groups excluding carboxylic acids is 2. The van der Waals surface area contributed by atoms with Crippen molar-refractivity contribution in [3.8, 4) is 17.1 Å². The number of aromatic nitrogens is 3. The van der Waals surface area contributed by atoms with E-state index in [2.05, 4.69) is 10.1 Å². The Bertz CT molecular complexity index is 1150. The molecule has 7 heteroatoms. The number of aryl methyl sites for hydroxylation is 1. The molecule has 4 aromatic rings. The summed E-state index contributed by atoms with van der Waals surface area (Å²) < 4.78 is 6.74. The van der Waals surface area contributed by atoms with Gasteiger partial charge >= 0.3 is 5.97 Å². The topological polar surface area (TPSA) is 74.1 Å². The summed E-state index contributed by atoms with van der Waals surface area (Å²) in [5.74, 6) is -0.747. The van der Waals surface area contributed by atoms with E-state index < -0.39 is 12.6 Å². The second-order valence-electron chi connectivity index (χ2n) is 6.88. The standard InChI is InChI=1S/C24H18ClN3O3/c1-16-7-13-20(14-8-16)28-23(18-9-11-19(25)12-10-18)26-22(27-28)24(30)31-15-21(29)17-5-3-2-4-6-17/h2-14H,15H2,1H3. The van der Waals surface area contributed by atoms with Gasteiger partial charge in [-0.3, -0.25) is 4.79 Å². The molecule has 0 aliphatic rings. The molecule has 31 heavy (non-hydrogen) atoms. The summed E-state index contributed by atoms with van der Waals surface area (Å²) in [7, 11) is 0. The van der Waals surface area contributed by atoms with Crippen molar-refractivity contribution in [1.29, 1.82) is 0 Å². The van der Waals surface area contributed by atoms with E-state index in [0.717, 1.165) is 16.8 Å². The lowest BCUT2D eigenvalue weighted by atomic mass is 10.1. The fourth-order valence-corrected chi connectivity index (χ4v) is 3.08. The molecule has 1 aromatic heterocycles. The molecular formula is C24H18ClN3O3. The van der Waals surface area contributed by atoms with Gasteiger partial charge in [-0.15, -0.1) is 5.10 Å². The molecule has 6 nitrogen and oxygen atoms in total. The smallest absolute Gasteiger partial charge is 0.378 e. The van der Waals surface area contributed by atoms with E-state index in [1.807, 2.05) is 37.3 Å². The third-order valence-electron chi connectivity index (χ3n) is 4.60. The molecule has 3 aromatic carbocycles. The molecule has 0 radical (unpaired) electrons. The number of carbonyl (C=O) groups is 2. The van der Waals surface area contributed by atoms with Crippen LogP contribution in [0, 0.1) is 6.92 Å². The van der Waals surface area contributed by atoms with Crippen molar-refractivity contribution < 1.29 is 14.3 Å². The van der Waals surface area contributed by atoms with Gasteiger partial charge in [-0.25, -0.2) is 14.5 Å². The third kappa shape index (κ3) is 4.70. The Morgan fingerprint density at radius 2 is 1.61 bits per heavy atom. The average molecular weight is 432 g/mol. The SMILES string of the molecule is Cc1ccc(-n2nc(C(=O)OCC(=O)c3ccccc3)nc2-c2ccc(Cl)cc2)cc1. The van der Waals surface area contributed by atoms with Gasteiger partial charge < -0.3 is 4.74 Å². The minimum atomic E-state index is -0.773. The number of halogens is 1. The quantitative estimate of drug-likeness (QED) is 0.319. The first kappa shape index (κ1) is 20.5. The van der Waals surface area contributed by atoms with Gasteiger partial charge in [-0.05, 0) is 43.3 Å². The van der Waals surface area contributed by atoms with Crippen molar-refractivity contribution in [3.63, 3.8) is 0 Å². The maximum atomic E-state index is 12.6. The molecule has 0 N–H and O–H groups in total. The van der Waals surface area contributed by atoms with E-state index in [-0.39, 0.29) is 11.6 Å². The third-order valence-corrected chi connectivity index (χ3v) is 4.85. The Balaban J connectivity index is 1.62. The second kappa shape index (κ2) is 8.93. The highest BCUT2D eigenvalue weighted by Gasteiger charge is 2.21. The summed E-state index contributed by atoms with van der Waals surface area (Å²) in [6, 6.07) is 23.4. The van der Waals surface area contributed by atoms with E-state index >= 15 is 0 Å². The molecule has 0 amide bonds. The van der Waals surface area contributed by atoms with Crippen molar-refractivity contribution in [3.05, 3.63) is 101 Å². The Kier molecular flexibility index (Phi) is 5.91. The molecule has 0 saturated carbocycles. The monoisotopic (exact) mass is 431 g/mol. The van der Waals surface area contributed by atoms with Crippen molar-refractivity contribution in [2.75, 3.05) is 6.61 Å². The van der Waals surface area contributed by atoms with Crippen LogP contribution in [-0.2, 0) is 4.74 Å². The fraction of sp³-hybridized carbons (Fsp3) is 0.0833. The Hall–Kier alpha value is -3.77. The second-order valence-corrected chi connectivity index (χ2v) is 7.32. The summed E-state index contributed by atoms with van der Waals surface area (Å²) in [5, 5.41) is 4.93.